The summed E-state index contributed by atoms with van der Waals surface area (Å²) >= 11 is 0. The number of rotatable bonds is 3. The molecule has 31 heavy (non-hydrogen) atoms. The van der Waals surface area contributed by atoms with Gasteiger partial charge in [-0.05, 0) is 41.8 Å². The van der Waals surface area contributed by atoms with E-state index in [2.05, 4.69) is 20.3 Å². The first-order valence-electron chi connectivity index (χ1n) is 9.44. The first kappa shape index (κ1) is 20.6. The van der Waals surface area contributed by atoms with Gasteiger partial charge in [0.15, 0.2) is 17.5 Å². The van der Waals surface area contributed by atoms with Crippen LogP contribution in [0.4, 0.5) is 23.7 Å². The highest BCUT2D eigenvalue weighted by atomic mass is 19.2. The van der Waals surface area contributed by atoms with E-state index in [4.69, 9.17) is 0 Å². The molecule has 0 radical (unpaired) electrons. The summed E-state index contributed by atoms with van der Waals surface area (Å²) < 4.78 is 41.2. The lowest BCUT2D eigenvalue weighted by Gasteiger charge is -2.36. The molecule has 2 amide bonds. The van der Waals surface area contributed by atoms with Gasteiger partial charge >= 0.3 is 6.03 Å². The highest BCUT2D eigenvalue weighted by Crippen LogP contribution is 2.32. The van der Waals surface area contributed by atoms with Crippen LogP contribution in [0.2, 0.25) is 0 Å². The predicted molar refractivity (Wildman–Crippen MR) is 111 cm³/mol. The largest absolute Gasteiger partial charge is 0.330 e. The van der Waals surface area contributed by atoms with Crippen LogP contribution in [0, 0.1) is 24.4 Å². The van der Waals surface area contributed by atoms with Crippen molar-refractivity contribution in [3.05, 3.63) is 64.5 Å². The van der Waals surface area contributed by atoms with Gasteiger partial charge in [-0.15, -0.1) is 0 Å². The second-order valence-electron chi connectivity index (χ2n) is 7.18. The average molecular weight is 428 g/mol. The molecule has 0 aromatic heterocycles. The maximum Gasteiger partial charge on any atom is 0.330 e. The van der Waals surface area contributed by atoms with Gasteiger partial charge in [-0.3, -0.25) is 20.1 Å². The van der Waals surface area contributed by atoms with Crippen LogP contribution in [0.3, 0.4) is 0 Å². The maximum absolute atomic E-state index is 13.9. The van der Waals surface area contributed by atoms with Crippen molar-refractivity contribution in [1.29, 1.82) is 0 Å². The van der Waals surface area contributed by atoms with E-state index in [1.165, 1.54) is 11.9 Å². The first-order valence-corrected chi connectivity index (χ1v) is 9.44. The molecular formula is C21H19F3N6O. The summed E-state index contributed by atoms with van der Waals surface area (Å²) in [7, 11) is 3.18. The summed E-state index contributed by atoms with van der Waals surface area (Å²) in [6.07, 6.45) is 1.67. The monoisotopic (exact) mass is 428 g/mol. The highest BCUT2D eigenvalue weighted by molar-refractivity contribution is 6.16. The molecule has 0 saturated carbocycles. The quantitative estimate of drug-likeness (QED) is 0.600. The Bertz CT molecular complexity index is 1140. The van der Waals surface area contributed by atoms with Crippen LogP contribution in [0.15, 0.2) is 45.3 Å². The SMILES string of the molecule is CN=Cc1ccc(C)c(N=C2NC(=O)N(C)C3=NCC(c4cc(F)c(F)c(F)c4)N23)c1. The molecule has 160 valence electrons. The fourth-order valence-electron chi connectivity index (χ4n) is 3.50. The van der Waals surface area contributed by atoms with Gasteiger partial charge in [0.2, 0.25) is 11.9 Å². The fraction of sp³-hybridized carbons (Fsp3) is 0.238. The molecule has 0 spiro atoms. The van der Waals surface area contributed by atoms with Crippen molar-refractivity contribution < 1.29 is 18.0 Å². The van der Waals surface area contributed by atoms with Crippen molar-refractivity contribution in [3.8, 4) is 0 Å². The van der Waals surface area contributed by atoms with E-state index < -0.39 is 29.5 Å². The molecule has 2 heterocycles. The number of urea groups is 1. The summed E-state index contributed by atoms with van der Waals surface area (Å²) in [6, 6.07) is 6.29. The maximum atomic E-state index is 13.9. The van der Waals surface area contributed by atoms with E-state index in [0.717, 1.165) is 23.3 Å². The summed E-state index contributed by atoms with van der Waals surface area (Å²) in [4.78, 5) is 28.2. The molecule has 4 rings (SSSR count). The Morgan fingerprint density at radius 2 is 1.90 bits per heavy atom. The predicted octanol–water partition coefficient (Wildman–Crippen LogP) is 3.52. The molecule has 1 saturated heterocycles. The van der Waals surface area contributed by atoms with Crippen LogP contribution >= 0.6 is 0 Å². The Balaban J connectivity index is 1.81. The molecule has 10 heteroatoms. The first-order chi connectivity index (χ1) is 14.8. The molecule has 1 atom stereocenters. The van der Waals surface area contributed by atoms with E-state index in [1.807, 2.05) is 19.1 Å². The molecule has 1 fully saturated rings. The number of nitrogens with one attached hydrogen (secondary N) is 1. The van der Waals surface area contributed by atoms with Crippen molar-refractivity contribution in [2.75, 3.05) is 20.6 Å². The summed E-state index contributed by atoms with van der Waals surface area (Å²) in [5, 5.41) is 2.69. The van der Waals surface area contributed by atoms with Crippen molar-refractivity contribution in [2.24, 2.45) is 15.0 Å². The molecule has 2 aromatic rings. The molecule has 0 aliphatic carbocycles. The molecule has 1 unspecified atom stereocenters. The number of halogens is 3. The molecule has 7 nitrogen and oxygen atoms in total. The van der Waals surface area contributed by atoms with Crippen LogP contribution < -0.4 is 5.32 Å². The van der Waals surface area contributed by atoms with Crippen LogP contribution in [-0.4, -0.2) is 54.6 Å². The third kappa shape index (κ3) is 3.65. The van der Waals surface area contributed by atoms with Crippen molar-refractivity contribution in [2.45, 2.75) is 13.0 Å². The average Bonchev–Trinajstić information content (AvgIpc) is 3.18. The van der Waals surface area contributed by atoms with Gasteiger partial charge in [-0.2, -0.15) is 0 Å². The Kier molecular flexibility index (Phi) is 5.22. The lowest BCUT2D eigenvalue weighted by molar-refractivity contribution is 0.222. The van der Waals surface area contributed by atoms with Gasteiger partial charge in [0, 0.05) is 20.3 Å². The van der Waals surface area contributed by atoms with Gasteiger partial charge in [0.05, 0.1) is 18.3 Å². The van der Waals surface area contributed by atoms with Crippen molar-refractivity contribution in [1.82, 2.24) is 15.1 Å². The number of aryl methyl sites for hydroxylation is 1. The summed E-state index contributed by atoms with van der Waals surface area (Å²) in [6.45, 7) is 1.98. The number of hydrogen-bond donors (Lipinski definition) is 1. The van der Waals surface area contributed by atoms with Gasteiger partial charge in [0.1, 0.15) is 0 Å². The lowest BCUT2D eigenvalue weighted by Crippen LogP contribution is -2.61. The summed E-state index contributed by atoms with van der Waals surface area (Å²) in [5.41, 5.74) is 2.43. The number of hydrogen-bond acceptors (Lipinski definition) is 4. The number of guanidine groups is 2. The third-order valence-corrected chi connectivity index (χ3v) is 5.11. The fourth-order valence-corrected chi connectivity index (χ4v) is 3.50. The zero-order valence-corrected chi connectivity index (χ0v) is 17.0. The Morgan fingerprint density at radius 1 is 1.19 bits per heavy atom. The number of aliphatic imine (C=N–C) groups is 3. The summed E-state index contributed by atoms with van der Waals surface area (Å²) in [5.74, 6) is -3.69. The number of fused-ring (bicyclic) bond motifs is 1. The van der Waals surface area contributed by atoms with Gasteiger partial charge in [-0.1, -0.05) is 12.1 Å². The lowest BCUT2D eigenvalue weighted by atomic mass is 10.1. The van der Waals surface area contributed by atoms with E-state index >= 15 is 0 Å². The van der Waals surface area contributed by atoms with Crippen LogP contribution in [0.5, 0.6) is 0 Å². The minimum atomic E-state index is -1.54. The molecule has 1 N–H and O–H groups in total. The number of carbonyl (C=O) groups excluding carboxylic acids is 1. The molecule has 2 aliphatic heterocycles. The van der Waals surface area contributed by atoms with Crippen molar-refractivity contribution >= 4 is 29.9 Å². The standard InChI is InChI=1S/C21H19F3N6O/c1-11-4-5-12(9-25-2)6-16(11)27-19-28-21(31)29(3)20-26-10-17(30(19)20)13-7-14(22)18(24)15(23)8-13/h4-9,17H,10H2,1-3H3,(H,27,28,31). The second-order valence-corrected chi connectivity index (χ2v) is 7.18. The zero-order valence-electron chi connectivity index (χ0n) is 17.0. The number of benzene rings is 2. The van der Waals surface area contributed by atoms with Gasteiger partial charge in [0.25, 0.3) is 0 Å². The van der Waals surface area contributed by atoms with Crippen LogP contribution in [0.25, 0.3) is 0 Å². The Hall–Kier alpha value is -3.69. The van der Waals surface area contributed by atoms with E-state index in [9.17, 15) is 18.0 Å². The zero-order chi connectivity index (χ0) is 22.3. The Morgan fingerprint density at radius 3 is 2.58 bits per heavy atom. The minimum absolute atomic E-state index is 0.111. The molecule has 2 aromatic carbocycles. The Labute approximate surface area is 176 Å². The normalized spacial score (nSPS) is 19.8. The van der Waals surface area contributed by atoms with E-state index in [-0.39, 0.29) is 24.0 Å². The smallest absolute Gasteiger partial charge is 0.296 e. The number of amides is 2. The number of carbonyl (C=O) groups is 1. The van der Waals surface area contributed by atoms with Crippen LogP contribution in [-0.2, 0) is 0 Å². The second kappa shape index (κ2) is 7.86. The molecule has 2 aliphatic rings. The van der Waals surface area contributed by atoms with E-state index in [1.54, 1.807) is 24.2 Å². The van der Waals surface area contributed by atoms with Crippen LogP contribution in [0.1, 0.15) is 22.7 Å². The molecule has 0 bridgehead atoms. The van der Waals surface area contributed by atoms with Gasteiger partial charge in [-0.25, -0.2) is 28.0 Å². The highest BCUT2D eigenvalue weighted by Gasteiger charge is 2.41. The van der Waals surface area contributed by atoms with E-state index in [0.29, 0.717) is 5.69 Å². The topological polar surface area (TPSA) is 72.7 Å². The number of nitrogens with zero attached hydrogens (tertiary/aromatic N) is 5. The van der Waals surface area contributed by atoms with Crippen molar-refractivity contribution in [3.63, 3.8) is 0 Å². The third-order valence-electron chi connectivity index (χ3n) is 5.11. The van der Waals surface area contributed by atoms with Gasteiger partial charge < -0.3 is 0 Å². The molecular weight excluding hydrogens is 409 g/mol. The minimum Gasteiger partial charge on any atom is -0.296 e.